The van der Waals surface area contributed by atoms with Gasteiger partial charge in [0.15, 0.2) is 0 Å². The van der Waals surface area contributed by atoms with Crippen molar-refractivity contribution in [3.63, 3.8) is 0 Å². The number of rotatable bonds is 8. The number of hydrogen-bond donors (Lipinski definition) is 2. The lowest BCUT2D eigenvalue weighted by Crippen LogP contribution is -2.14. The first-order valence-corrected chi connectivity index (χ1v) is 10.2. The van der Waals surface area contributed by atoms with Crippen LogP contribution in [0.15, 0.2) is 53.1 Å². The zero-order valence-electron chi connectivity index (χ0n) is 18.2. The van der Waals surface area contributed by atoms with E-state index in [9.17, 15) is 9.59 Å². The van der Waals surface area contributed by atoms with Crippen LogP contribution in [-0.2, 0) is 11.4 Å². The second kappa shape index (κ2) is 9.93. The first-order chi connectivity index (χ1) is 14.8. The lowest BCUT2D eigenvalue weighted by Gasteiger charge is -2.10. The summed E-state index contributed by atoms with van der Waals surface area (Å²) in [5, 5.41) is 9.60. The molecule has 3 rings (SSSR count). The van der Waals surface area contributed by atoms with Crippen LogP contribution in [-0.4, -0.2) is 17.0 Å². The Balaban J connectivity index is 1.54. The molecule has 31 heavy (non-hydrogen) atoms. The van der Waals surface area contributed by atoms with Crippen LogP contribution in [0.25, 0.3) is 0 Å². The predicted octanol–water partition coefficient (Wildman–Crippen LogP) is 5.11. The number of nitrogens with one attached hydrogen (secondary N) is 2. The average Bonchev–Trinajstić information content (AvgIpc) is 3.05. The molecule has 1 aromatic heterocycles. The number of aryl methyl sites for hydroxylation is 2. The molecule has 0 spiro atoms. The van der Waals surface area contributed by atoms with Crippen LogP contribution < -0.4 is 15.4 Å². The van der Waals surface area contributed by atoms with Gasteiger partial charge < -0.3 is 19.9 Å². The van der Waals surface area contributed by atoms with Gasteiger partial charge in [-0.3, -0.25) is 9.59 Å². The molecule has 2 amide bonds. The maximum absolute atomic E-state index is 12.5. The van der Waals surface area contributed by atoms with Crippen LogP contribution in [0, 0.1) is 19.8 Å². The Hall–Kier alpha value is -3.61. The third-order valence-corrected chi connectivity index (χ3v) is 4.70. The van der Waals surface area contributed by atoms with E-state index in [2.05, 4.69) is 15.8 Å². The van der Waals surface area contributed by atoms with Gasteiger partial charge in [0.05, 0.1) is 11.3 Å². The fourth-order valence-corrected chi connectivity index (χ4v) is 2.99. The van der Waals surface area contributed by atoms with E-state index in [1.165, 1.54) is 0 Å². The molecule has 0 saturated carbocycles. The van der Waals surface area contributed by atoms with Gasteiger partial charge in [0.2, 0.25) is 5.91 Å². The Morgan fingerprint density at radius 3 is 2.13 bits per heavy atom. The van der Waals surface area contributed by atoms with Crippen molar-refractivity contribution in [1.29, 1.82) is 0 Å². The Morgan fingerprint density at radius 2 is 1.58 bits per heavy atom. The molecule has 2 N–H and O–H groups in total. The molecule has 0 aliphatic carbocycles. The average molecular weight is 421 g/mol. The second-order valence-corrected chi connectivity index (χ2v) is 7.79. The fourth-order valence-electron chi connectivity index (χ4n) is 2.99. The van der Waals surface area contributed by atoms with Crippen molar-refractivity contribution in [1.82, 2.24) is 5.16 Å². The second-order valence-electron chi connectivity index (χ2n) is 7.79. The first-order valence-electron chi connectivity index (χ1n) is 10.2. The van der Waals surface area contributed by atoms with Crippen molar-refractivity contribution < 1.29 is 18.8 Å². The van der Waals surface area contributed by atoms with E-state index in [-0.39, 0.29) is 11.8 Å². The van der Waals surface area contributed by atoms with E-state index in [4.69, 9.17) is 9.26 Å². The van der Waals surface area contributed by atoms with E-state index in [0.717, 1.165) is 17.0 Å². The zero-order chi connectivity index (χ0) is 22.4. The molecule has 2 aromatic carbocycles. The Labute approximate surface area is 181 Å². The molecule has 0 atom stereocenters. The summed E-state index contributed by atoms with van der Waals surface area (Å²) in [6.07, 6.45) is 0.469. The summed E-state index contributed by atoms with van der Waals surface area (Å²) < 4.78 is 10.9. The molecule has 7 heteroatoms. The number of anilines is 2. The number of carbonyl (C=O) groups excluding carboxylic acids is 2. The molecule has 0 aliphatic heterocycles. The minimum Gasteiger partial charge on any atom is -0.489 e. The molecule has 0 fully saturated rings. The van der Waals surface area contributed by atoms with Crippen LogP contribution in [0.1, 0.15) is 47.6 Å². The molecular weight excluding hydrogens is 394 g/mol. The minimum atomic E-state index is -0.228. The summed E-state index contributed by atoms with van der Waals surface area (Å²) in [7, 11) is 0. The van der Waals surface area contributed by atoms with E-state index >= 15 is 0 Å². The normalized spacial score (nSPS) is 10.7. The number of hydrogen-bond acceptors (Lipinski definition) is 5. The maximum atomic E-state index is 12.5. The highest BCUT2D eigenvalue weighted by Crippen LogP contribution is 2.19. The van der Waals surface area contributed by atoms with Gasteiger partial charge in [0.1, 0.15) is 18.1 Å². The number of aromatic nitrogens is 1. The highest BCUT2D eigenvalue weighted by atomic mass is 16.5. The standard InChI is InChI=1S/C24H27N3O4/c1-15(2)13-23(28)25-19-7-9-20(10-8-19)26-24(29)18-5-11-21(12-6-18)30-14-22-16(3)27-31-17(22)4/h5-12,15H,13-14H2,1-4H3,(H,25,28)(H,26,29). The summed E-state index contributed by atoms with van der Waals surface area (Å²) >= 11 is 0. The van der Waals surface area contributed by atoms with Crippen LogP contribution >= 0.6 is 0 Å². The van der Waals surface area contributed by atoms with Gasteiger partial charge in [-0.1, -0.05) is 19.0 Å². The number of amides is 2. The van der Waals surface area contributed by atoms with Gasteiger partial charge in [-0.2, -0.15) is 0 Å². The van der Waals surface area contributed by atoms with Crippen LogP contribution in [0.4, 0.5) is 11.4 Å². The number of nitrogens with zero attached hydrogens (tertiary/aromatic N) is 1. The van der Waals surface area contributed by atoms with Crippen molar-refractivity contribution in [2.45, 2.75) is 40.7 Å². The molecule has 0 saturated heterocycles. The van der Waals surface area contributed by atoms with E-state index < -0.39 is 0 Å². The Bertz CT molecular complexity index is 1020. The molecule has 0 bridgehead atoms. The third kappa shape index (κ3) is 6.18. The fraction of sp³-hybridized carbons (Fsp3) is 0.292. The minimum absolute atomic E-state index is 0.0246. The first kappa shape index (κ1) is 22.1. The van der Waals surface area contributed by atoms with Gasteiger partial charge in [-0.05, 0) is 68.3 Å². The van der Waals surface area contributed by atoms with E-state index in [0.29, 0.717) is 41.6 Å². The van der Waals surface area contributed by atoms with Gasteiger partial charge in [0.25, 0.3) is 5.91 Å². The lowest BCUT2D eigenvalue weighted by atomic mass is 10.1. The van der Waals surface area contributed by atoms with Crippen molar-refractivity contribution in [3.8, 4) is 5.75 Å². The summed E-state index contributed by atoms with van der Waals surface area (Å²) in [6, 6.07) is 13.9. The van der Waals surface area contributed by atoms with E-state index in [1.807, 2.05) is 27.7 Å². The van der Waals surface area contributed by atoms with Crippen molar-refractivity contribution >= 4 is 23.2 Å². The molecule has 162 valence electrons. The van der Waals surface area contributed by atoms with Crippen LogP contribution in [0.3, 0.4) is 0 Å². The SMILES string of the molecule is Cc1noc(C)c1COc1ccc(C(=O)Nc2ccc(NC(=O)CC(C)C)cc2)cc1. The number of carbonyl (C=O) groups is 2. The molecule has 1 heterocycles. The zero-order valence-corrected chi connectivity index (χ0v) is 18.2. The summed E-state index contributed by atoms with van der Waals surface area (Å²) in [5.41, 5.74) is 3.58. The monoisotopic (exact) mass is 421 g/mol. The topological polar surface area (TPSA) is 93.5 Å². The molecular formula is C24H27N3O4. The van der Waals surface area contributed by atoms with Crippen LogP contribution in [0.2, 0.25) is 0 Å². The van der Waals surface area contributed by atoms with Crippen molar-refractivity contribution in [3.05, 3.63) is 71.1 Å². The smallest absolute Gasteiger partial charge is 0.255 e. The summed E-state index contributed by atoms with van der Waals surface area (Å²) in [5.74, 6) is 1.43. The van der Waals surface area contributed by atoms with Gasteiger partial charge in [0, 0.05) is 23.4 Å². The number of ether oxygens (including phenoxy) is 1. The molecule has 3 aromatic rings. The quantitative estimate of drug-likeness (QED) is 0.527. The van der Waals surface area contributed by atoms with Crippen molar-refractivity contribution in [2.75, 3.05) is 10.6 Å². The van der Waals surface area contributed by atoms with Crippen molar-refractivity contribution in [2.24, 2.45) is 5.92 Å². The maximum Gasteiger partial charge on any atom is 0.255 e. The Morgan fingerprint density at radius 1 is 0.968 bits per heavy atom. The lowest BCUT2D eigenvalue weighted by molar-refractivity contribution is -0.116. The van der Waals surface area contributed by atoms with E-state index in [1.54, 1.807) is 48.5 Å². The van der Waals surface area contributed by atoms with Gasteiger partial charge in [-0.25, -0.2) is 0 Å². The molecule has 0 radical (unpaired) electrons. The third-order valence-electron chi connectivity index (χ3n) is 4.70. The summed E-state index contributed by atoms with van der Waals surface area (Å²) in [6.45, 7) is 8.06. The number of benzene rings is 2. The highest BCUT2D eigenvalue weighted by molar-refractivity contribution is 6.04. The van der Waals surface area contributed by atoms with Gasteiger partial charge >= 0.3 is 0 Å². The van der Waals surface area contributed by atoms with Crippen LogP contribution in [0.5, 0.6) is 5.75 Å². The summed E-state index contributed by atoms with van der Waals surface area (Å²) in [4.78, 5) is 24.3. The highest BCUT2D eigenvalue weighted by Gasteiger charge is 2.11. The predicted molar refractivity (Wildman–Crippen MR) is 119 cm³/mol. The van der Waals surface area contributed by atoms with Gasteiger partial charge in [-0.15, -0.1) is 0 Å². The molecule has 7 nitrogen and oxygen atoms in total. The largest absolute Gasteiger partial charge is 0.489 e. The molecule has 0 unspecified atom stereocenters. The Kier molecular flexibility index (Phi) is 7.07. The molecule has 0 aliphatic rings.